The molecule has 2 aliphatic heterocycles. The third-order valence-electron chi connectivity index (χ3n) is 5.14. The molecule has 0 aromatic heterocycles. The van der Waals surface area contributed by atoms with Crippen LogP contribution < -0.4 is 5.73 Å². The quantitative estimate of drug-likeness (QED) is 0.902. The van der Waals surface area contributed by atoms with Gasteiger partial charge in [0, 0.05) is 32.2 Å². The van der Waals surface area contributed by atoms with Gasteiger partial charge in [-0.2, -0.15) is 0 Å². The molecule has 0 bridgehead atoms. The maximum Gasteiger partial charge on any atom is 0.0235 e. The van der Waals surface area contributed by atoms with Crippen molar-refractivity contribution in [1.82, 2.24) is 9.80 Å². The predicted octanol–water partition coefficient (Wildman–Crippen LogP) is 2.32. The summed E-state index contributed by atoms with van der Waals surface area (Å²) in [4.78, 5) is 5.36. The van der Waals surface area contributed by atoms with Gasteiger partial charge in [0.15, 0.2) is 0 Å². The number of rotatable bonds is 5. The van der Waals surface area contributed by atoms with E-state index >= 15 is 0 Å². The fourth-order valence-electron chi connectivity index (χ4n) is 4.00. The molecule has 21 heavy (non-hydrogen) atoms. The van der Waals surface area contributed by atoms with Gasteiger partial charge in [0.1, 0.15) is 0 Å². The van der Waals surface area contributed by atoms with Crippen LogP contribution in [0.4, 0.5) is 0 Å². The van der Waals surface area contributed by atoms with E-state index in [1.807, 2.05) is 0 Å². The van der Waals surface area contributed by atoms with Crippen LogP contribution in [0.25, 0.3) is 0 Å². The van der Waals surface area contributed by atoms with Crippen molar-refractivity contribution in [3.8, 4) is 0 Å². The fourth-order valence-corrected chi connectivity index (χ4v) is 4.00. The van der Waals surface area contributed by atoms with E-state index < -0.39 is 0 Å². The van der Waals surface area contributed by atoms with Gasteiger partial charge in [0.25, 0.3) is 0 Å². The van der Waals surface area contributed by atoms with E-state index in [1.54, 1.807) is 0 Å². The number of piperidine rings is 1. The molecule has 0 amide bonds. The Morgan fingerprint density at radius 2 is 1.90 bits per heavy atom. The first kappa shape index (κ1) is 15.0. The maximum atomic E-state index is 5.74. The highest BCUT2D eigenvalue weighted by atomic mass is 15.3. The van der Waals surface area contributed by atoms with Gasteiger partial charge >= 0.3 is 0 Å². The Kier molecular flexibility index (Phi) is 5.28. The third-order valence-corrected chi connectivity index (χ3v) is 5.14. The van der Waals surface area contributed by atoms with Crippen LogP contribution in [0.5, 0.6) is 0 Å². The highest BCUT2D eigenvalue weighted by Gasteiger charge is 2.30. The molecule has 0 aliphatic carbocycles. The third kappa shape index (κ3) is 4.06. The van der Waals surface area contributed by atoms with Gasteiger partial charge in [-0.25, -0.2) is 0 Å². The van der Waals surface area contributed by atoms with Crippen molar-refractivity contribution in [2.45, 2.75) is 38.3 Å². The molecule has 2 heterocycles. The number of hydrogen-bond donors (Lipinski definition) is 1. The number of hydrogen-bond acceptors (Lipinski definition) is 3. The monoisotopic (exact) mass is 287 g/mol. The summed E-state index contributed by atoms with van der Waals surface area (Å²) in [6, 6.07) is 11.6. The van der Waals surface area contributed by atoms with E-state index in [0.717, 1.165) is 25.0 Å². The lowest BCUT2D eigenvalue weighted by molar-refractivity contribution is 0.120. The lowest BCUT2D eigenvalue weighted by Gasteiger charge is -2.36. The van der Waals surface area contributed by atoms with Crippen LogP contribution in [-0.2, 0) is 6.54 Å². The van der Waals surface area contributed by atoms with E-state index in [0.29, 0.717) is 0 Å². The largest absolute Gasteiger partial charge is 0.330 e. The Bertz CT molecular complexity index is 418. The number of likely N-dealkylation sites (tertiary alicyclic amines) is 2. The Morgan fingerprint density at radius 1 is 1.05 bits per heavy atom. The normalized spacial score (nSPS) is 28.0. The summed E-state index contributed by atoms with van der Waals surface area (Å²) >= 11 is 0. The highest BCUT2D eigenvalue weighted by molar-refractivity contribution is 5.14. The Morgan fingerprint density at radius 3 is 2.71 bits per heavy atom. The molecule has 2 atom stereocenters. The molecule has 0 radical (unpaired) electrons. The number of benzene rings is 1. The minimum Gasteiger partial charge on any atom is -0.330 e. The molecular formula is C18H29N3. The zero-order valence-electron chi connectivity index (χ0n) is 13.1. The molecule has 2 fully saturated rings. The minimum atomic E-state index is 0.772. The molecule has 2 saturated heterocycles. The zero-order chi connectivity index (χ0) is 14.5. The topological polar surface area (TPSA) is 32.5 Å². The molecule has 0 saturated carbocycles. The number of nitrogens with zero attached hydrogens (tertiary/aromatic N) is 2. The second-order valence-electron chi connectivity index (χ2n) is 6.74. The molecule has 2 aliphatic rings. The zero-order valence-corrected chi connectivity index (χ0v) is 13.1. The van der Waals surface area contributed by atoms with Gasteiger partial charge in [0.2, 0.25) is 0 Å². The molecule has 116 valence electrons. The van der Waals surface area contributed by atoms with Crippen molar-refractivity contribution < 1.29 is 0 Å². The van der Waals surface area contributed by atoms with E-state index in [-0.39, 0.29) is 0 Å². The van der Waals surface area contributed by atoms with Gasteiger partial charge in [-0.3, -0.25) is 9.80 Å². The van der Waals surface area contributed by atoms with Crippen molar-refractivity contribution in [2.75, 3.05) is 32.7 Å². The van der Waals surface area contributed by atoms with Gasteiger partial charge < -0.3 is 5.73 Å². The first-order valence-electron chi connectivity index (χ1n) is 8.55. The summed E-state index contributed by atoms with van der Waals surface area (Å²) in [7, 11) is 0. The van der Waals surface area contributed by atoms with Crippen LogP contribution >= 0.6 is 0 Å². The summed E-state index contributed by atoms with van der Waals surface area (Å²) in [5.74, 6) is 0.840. The van der Waals surface area contributed by atoms with Crippen LogP contribution in [0, 0.1) is 5.92 Å². The molecule has 3 heteroatoms. The summed E-state index contributed by atoms with van der Waals surface area (Å²) in [6.07, 6.45) is 5.28. The second kappa shape index (κ2) is 7.39. The van der Waals surface area contributed by atoms with Gasteiger partial charge in [-0.05, 0) is 50.3 Å². The summed E-state index contributed by atoms with van der Waals surface area (Å²) < 4.78 is 0. The fraction of sp³-hybridized carbons (Fsp3) is 0.667. The molecule has 0 spiro atoms. The second-order valence-corrected chi connectivity index (χ2v) is 6.74. The van der Waals surface area contributed by atoms with Crippen LogP contribution in [-0.4, -0.2) is 48.6 Å². The molecule has 3 nitrogen and oxygen atoms in total. The number of nitrogens with two attached hydrogens (primary N) is 1. The van der Waals surface area contributed by atoms with E-state index in [9.17, 15) is 0 Å². The predicted molar refractivity (Wildman–Crippen MR) is 88.1 cm³/mol. The van der Waals surface area contributed by atoms with E-state index in [2.05, 4.69) is 40.1 Å². The highest BCUT2D eigenvalue weighted by Crippen LogP contribution is 2.25. The van der Waals surface area contributed by atoms with Crippen LogP contribution in [0.15, 0.2) is 30.3 Å². The molecule has 2 N–H and O–H groups in total. The van der Waals surface area contributed by atoms with E-state index in [1.165, 1.54) is 57.4 Å². The molecule has 1 aromatic rings. The minimum absolute atomic E-state index is 0.772. The lowest BCUT2D eigenvalue weighted by Crippen LogP contribution is -2.44. The molecular weight excluding hydrogens is 258 g/mol. The average molecular weight is 287 g/mol. The van der Waals surface area contributed by atoms with Crippen molar-refractivity contribution in [1.29, 1.82) is 0 Å². The van der Waals surface area contributed by atoms with Crippen molar-refractivity contribution in [2.24, 2.45) is 11.7 Å². The summed E-state index contributed by atoms with van der Waals surface area (Å²) in [5, 5.41) is 0. The maximum absolute atomic E-state index is 5.74. The van der Waals surface area contributed by atoms with E-state index in [4.69, 9.17) is 5.73 Å². The first-order chi connectivity index (χ1) is 10.3. The first-order valence-corrected chi connectivity index (χ1v) is 8.55. The summed E-state index contributed by atoms with van der Waals surface area (Å²) in [5.41, 5.74) is 7.18. The molecule has 3 rings (SSSR count). The van der Waals surface area contributed by atoms with Crippen molar-refractivity contribution in [3.05, 3.63) is 35.9 Å². The molecule has 2 unspecified atom stereocenters. The van der Waals surface area contributed by atoms with Crippen molar-refractivity contribution >= 4 is 0 Å². The molecule has 1 aromatic carbocycles. The Labute approximate surface area is 129 Å². The van der Waals surface area contributed by atoms with Crippen LogP contribution in [0.2, 0.25) is 0 Å². The Hall–Kier alpha value is -0.900. The lowest BCUT2D eigenvalue weighted by atomic mass is 9.93. The SMILES string of the molecule is NCCC1CCCN(C2CCN(Cc3ccccc3)C2)C1. The average Bonchev–Trinajstić information content (AvgIpc) is 2.97. The van der Waals surface area contributed by atoms with Gasteiger partial charge in [0.05, 0.1) is 0 Å². The Balaban J connectivity index is 1.50. The van der Waals surface area contributed by atoms with Crippen LogP contribution in [0.3, 0.4) is 0 Å². The summed E-state index contributed by atoms with van der Waals surface area (Å²) in [6.45, 7) is 7.02. The van der Waals surface area contributed by atoms with Crippen LogP contribution in [0.1, 0.15) is 31.2 Å². The standard InChI is InChI=1S/C18H29N3/c19-10-8-17-7-4-11-21(14-17)18-9-12-20(15-18)13-16-5-2-1-3-6-16/h1-3,5-6,17-18H,4,7-15,19H2. The van der Waals surface area contributed by atoms with Crippen molar-refractivity contribution in [3.63, 3.8) is 0 Å². The van der Waals surface area contributed by atoms with Gasteiger partial charge in [-0.15, -0.1) is 0 Å². The smallest absolute Gasteiger partial charge is 0.0235 e. The van der Waals surface area contributed by atoms with Gasteiger partial charge in [-0.1, -0.05) is 30.3 Å².